The lowest BCUT2D eigenvalue weighted by atomic mass is 9.92. The highest BCUT2D eigenvalue weighted by molar-refractivity contribution is 7.99. The van der Waals surface area contributed by atoms with Crippen molar-refractivity contribution in [3.63, 3.8) is 0 Å². The zero-order valence-electron chi connectivity index (χ0n) is 10.3. The molecule has 1 aromatic heterocycles. The third-order valence-electron chi connectivity index (χ3n) is 2.61. The third-order valence-corrected chi connectivity index (χ3v) is 3.51. The first-order valence-corrected chi connectivity index (χ1v) is 6.61. The van der Waals surface area contributed by atoms with Crippen molar-refractivity contribution in [3.8, 4) is 0 Å². The van der Waals surface area contributed by atoms with Gasteiger partial charge in [0.05, 0.1) is 5.75 Å². The standard InChI is InChI=1S/C13H16N2OS/c1-13(2,3)11(16)8-17-12-14-9-6-4-5-7-10(9)15-12/h4-7H,8H2,1-3H3,(H,14,15)/p+1. The number of carbonyl (C=O) groups is 1. The molecule has 0 amide bonds. The Labute approximate surface area is 105 Å². The van der Waals surface area contributed by atoms with Crippen molar-refractivity contribution < 1.29 is 9.78 Å². The van der Waals surface area contributed by atoms with Crippen LogP contribution in [0.15, 0.2) is 29.4 Å². The number of aromatic nitrogens is 2. The van der Waals surface area contributed by atoms with E-state index in [1.54, 1.807) is 0 Å². The van der Waals surface area contributed by atoms with E-state index in [1.165, 1.54) is 11.8 Å². The molecule has 0 radical (unpaired) electrons. The minimum atomic E-state index is -0.265. The van der Waals surface area contributed by atoms with Gasteiger partial charge in [0, 0.05) is 5.41 Å². The Kier molecular flexibility index (Phi) is 3.24. The van der Waals surface area contributed by atoms with E-state index in [9.17, 15) is 4.79 Å². The maximum absolute atomic E-state index is 11.8. The van der Waals surface area contributed by atoms with Crippen LogP contribution in [0.3, 0.4) is 0 Å². The highest BCUT2D eigenvalue weighted by Gasteiger charge is 2.22. The van der Waals surface area contributed by atoms with Gasteiger partial charge in [0.1, 0.15) is 5.78 Å². The summed E-state index contributed by atoms with van der Waals surface area (Å²) < 4.78 is 0. The van der Waals surface area contributed by atoms with Crippen molar-refractivity contribution in [1.82, 2.24) is 4.98 Å². The molecule has 0 aliphatic carbocycles. The molecule has 2 rings (SSSR count). The smallest absolute Gasteiger partial charge is 0.298 e. The second kappa shape index (κ2) is 4.53. The van der Waals surface area contributed by atoms with E-state index in [4.69, 9.17) is 0 Å². The van der Waals surface area contributed by atoms with Gasteiger partial charge >= 0.3 is 5.16 Å². The number of H-pyrrole nitrogens is 2. The van der Waals surface area contributed by atoms with Crippen LogP contribution in [0.25, 0.3) is 11.0 Å². The number of Topliss-reactive ketones (excluding diaryl/α,β-unsaturated/α-hetero) is 1. The molecule has 4 heteroatoms. The van der Waals surface area contributed by atoms with Crippen molar-refractivity contribution >= 4 is 28.6 Å². The van der Waals surface area contributed by atoms with Crippen LogP contribution < -0.4 is 4.98 Å². The molecule has 0 fully saturated rings. The van der Waals surface area contributed by atoms with Crippen LogP contribution in [0, 0.1) is 5.41 Å². The van der Waals surface area contributed by atoms with Crippen LogP contribution >= 0.6 is 11.8 Å². The summed E-state index contributed by atoms with van der Waals surface area (Å²) in [6.07, 6.45) is 0. The monoisotopic (exact) mass is 249 g/mol. The zero-order chi connectivity index (χ0) is 12.5. The molecule has 0 saturated heterocycles. The van der Waals surface area contributed by atoms with E-state index < -0.39 is 0 Å². The average molecular weight is 249 g/mol. The molecule has 0 aliphatic heterocycles. The topological polar surface area (TPSA) is 47.0 Å². The summed E-state index contributed by atoms with van der Waals surface area (Å²) in [7, 11) is 0. The molecule has 0 saturated carbocycles. The van der Waals surface area contributed by atoms with Gasteiger partial charge in [0.2, 0.25) is 0 Å². The first-order chi connectivity index (χ1) is 7.97. The lowest BCUT2D eigenvalue weighted by Gasteiger charge is -2.14. The van der Waals surface area contributed by atoms with Crippen LogP contribution in [-0.4, -0.2) is 16.5 Å². The van der Waals surface area contributed by atoms with Crippen LogP contribution in [0.1, 0.15) is 20.8 Å². The van der Waals surface area contributed by atoms with Crippen LogP contribution in [0.5, 0.6) is 0 Å². The van der Waals surface area contributed by atoms with Crippen molar-refractivity contribution in [1.29, 1.82) is 0 Å². The summed E-state index contributed by atoms with van der Waals surface area (Å²) >= 11 is 1.52. The molecular weight excluding hydrogens is 232 g/mol. The molecule has 3 nitrogen and oxygen atoms in total. The first kappa shape index (κ1) is 12.2. The first-order valence-electron chi connectivity index (χ1n) is 5.63. The minimum Gasteiger partial charge on any atom is -0.298 e. The Morgan fingerprint density at radius 3 is 2.71 bits per heavy atom. The van der Waals surface area contributed by atoms with Crippen LogP contribution in [0.4, 0.5) is 0 Å². The Hall–Kier alpha value is -1.29. The summed E-state index contributed by atoms with van der Waals surface area (Å²) in [4.78, 5) is 18.3. The highest BCUT2D eigenvalue weighted by Crippen LogP contribution is 2.21. The number of benzene rings is 1. The van der Waals surface area contributed by atoms with Gasteiger partial charge in [-0.3, -0.25) is 4.79 Å². The molecule has 0 aliphatic rings. The summed E-state index contributed by atoms with van der Waals surface area (Å²) in [5, 5.41) is 0.934. The van der Waals surface area contributed by atoms with E-state index >= 15 is 0 Å². The number of thioether (sulfide) groups is 1. The Balaban J connectivity index is 2.07. The highest BCUT2D eigenvalue weighted by atomic mass is 32.2. The van der Waals surface area contributed by atoms with Gasteiger partial charge in [-0.1, -0.05) is 32.9 Å². The Morgan fingerprint density at radius 2 is 2.06 bits per heavy atom. The lowest BCUT2D eigenvalue weighted by Crippen LogP contribution is -2.22. The Bertz CT molecular complexity index is 507. The molecule has 1 heterocycles. The molecule has 0 unspecified atom stereocenters. The molecule has 0 atom stereocenters. The predicted octanol–water partition coefficient (Wildman–Crippen LogP) is 2.69. The average Bonchev–Trinajstić information content (AvgIpc) is 2.66. The van der Waals surface area contributed by atoms with Crippen LogP contribution in [-0.2, 0) is 4.79 Å². The van der Waals surface area contributed by atoms with E-state index in [-0.39, 0.29) is 11.2 Å². The fourth-order valence-corrected chi connectivity index (χ4v) is 2.48. The second-order valence-corrected chi connectivity index (χ2v) is 6.07. The maximum Gasteiger partial charge on any atom is 0.314 e. The number of nitrogens with one attached hydrogen (secondary N) is 2. The summed E-state index contributed by atoms with van der Waals surface area (Å²) in [5.74, 6) is 0.752. The molecule has 17 heavy (non-hydrogen) atoms. The van der Waals surface area contributed by atoms with E-state index in [0.717, 1.165) is 16.2 Å². The zero-order valence-corrected chi connectivity index (χ0v) is 11.1. The van der Waals surface area contributed by atoms with Crippen molar-refractivity contribution in [2.24, 2.45) is 5.41 Å². The predicted molar refractivity (Wildman–Crippen MR) is 70.0 cm³/mol. The molecule has 2 aromatic rings. The van der Waals surface area contributed by atoms with Gasteiger partial charge in [-0.25, -0.2) is 9.97 Å². The lowest BCUT2D eigenvalue weighted by molar-refractivity contribution is -0.396. The number of rotatable bonds is 3. The third kappa shape index (κ3) is 2.88. The summed E-state index contributed by atoms with van der Waals surface area (Å²) in [5.41, 5.74) is 1.87. The summed E-state index contributed by atoms with van der Waals surface area (Å²) in [6, 6.07) is 8.01. The quantitative estimate of drug-likeness (QED) is 0.850. The SMILES string of the molecule is CC(C)(C)C(=O)CSc1[nH]c2ccccc2[nH+]1. The minimum absolute atomic E-state index is 0.259. The number of imidazole rings is 1. The van der Waals surface area contributed by atoms with Crippen molar-refractivity contribution in [2.45, 2.75) is 25.9 Å². The Morgan fingerprint density at radius 1 is 1.35 bits per heavy atom. The molecular formula is C13H17N2OS+. The number of hydrogen-bond acceptors (Lipinski definition) is 2. The largest absolute Gasteiger partial charge is 0.314 e. The summed E-state index contributed by atoms with van der Waals surface area (Å²) in [6.45, 7) is 5.85. The number of hydrogen-bond donors (Lipinski definition) is 1. The molecule has 2 N–H and O–H groups in total. The van der Waals surface area contributed by atoms with Gasteiger partial charge in [-0.05, 0) is 23.9 Å². The second-order valence-electron chi connectivity index (χ2n) is 5.09. The van der Waals surface area contributed by atoms with Crippen molar-refractivity contribution in [3.05, 3.63) is 24.3 Å². The van der Waals surface area contributed by atoms with E-state index in [2.05, 4.69) is 9.97 Å². The number of aromatic amines is 2. The molecule has 0 spiro atoms. The van der Waals surface area contributed by atoms with Gasteiger partial charge in [-0.2, -0.15) is 0 Å². The van der Waals surface area contributed by atoms with Gasteiger partial charge in [0.25, 0.3) is 0 Å². The molecule has 1 aromatic carbocycles. The fraction of sp³-hybridized carbons (Fsp3) is 0.385. The number of para-hydroxylation sites is 2. The van der Waals surface area contributed by atoms with Gasteiger partial charge < -0.3 is 0 Å². The molecule has 0 bridgehead atoms. The number of ketones is 1. The van der Waals surface area contributed by atoms with Crippen LogP contribution in [0.2, 0.25) is 0 Å². The normalized spacial score (nSPS) is 11.9. The fourth-order valence-electron chi connectivity index (χ4n) is 1.40. The molecule has 90 valence electrons. The van der Waals surface area contributed by atoms with Gasteiger partial charge in [-0.15, -0.1) is 0 Å². The van der Waals surface area contributed by atoms with Crippen molar-refractivity contribution in [2.75, 3.05) is 5.75 Å². The number of carbonyl (C=O) groups excluding carboxylic acids is 1. The number of fused-ring (bicyclic) bond motifs is 1. The van der Waals surface area contributed by atoms with E-state index in [1.807, 2.05) is 45.0 Å². The van der Waals surface area contributed by atoms with E-state index in [0.29, 0.717) is 5.75 Å². The maximum atomic E-state index is 11.8. The van der Waals surface area contributed by atoms with Gasteiger partial charge in [0.15, 0.2) is 11.0 Å².